The maximum Gasteiger partial charge on any atom is 0.410 e. The molecule has 4 amide bonds. The molecule has 0 unspecified atom stereocenters. The number of carbonyl (C=O) groups is 3. The average molecular weight is 433 g/mol. The summed E-state index contributed by atoms with van der Waals surface area (Å²) >= 11 is 1.20. The Morgan fingerprint density at radius 1 is 1.20 bits per heavy atom. The van der Waals surface area contributed by atoms with Gasteiger partial charge in [-0.2, -0.15) is 0 Å². The zero-order valence-corrected chi connectivity index (χ0v) is 17.7. The van der Waals surface area contributed by atoms with Crippen molar-refractivity contribution in [1.29, 1.82) is 0 Å². The summed E-state index contributed by atoms with van der Waals surface area (Å²) in [6.45, 7) is 6.06. The fraction of sp³-hybridized carbons (Fsp3) is 0.350. The number of phenolic OH excluding ortho intramolecular Hbond substituents is 1. The van der Waals surface area contributed by atoms with Crippen LogP contribution >= 0.6 is 11.3 Å². The first-order valence-corrected chi connectivity index (χ1v) is 10.1. The van der Waals surface area contributed by atoms with E-state index in [0.717, 1.165) is 10.4 Å². The van der Waals surface area contributed by atoms with Crippen molar-refractivity contribution in [2.45, 2.75) is 32.4 Å². The van der Waals surface area contributed by atoms with E-state index in [4.69, 9.17) is 10.5 Å². The number of phenols is 1. The van der Waals surface area contributed by atoms with Gasteiger partial charge in [-0.25, -0.2) is 9.59 Å². The van der Waals surface area contributed by atoms with E-state index in [-0.39, 0.29) is 23.3 Å². The number of ether oxygens (including phenoxy) is 1. The summed E-state index contributed by atoms with van der Waals surface area (Å²) in [6.07, 6.45) is -0.422. The molecule has 0 bridgehead atoms. The van der Waals surface area contributed by atoms with E-state index in [0.29, 0.717) is 18.1 Å². The van der Waals surface area contributed by atoms with Gasteiger partial charge in [0, 0.05) is 18.0 Å². The molecule has 1 aromatic carbocycles. The van der Waals surface area contributed by atoms with Crippen LogP contribution in [-0.2, 0) is 4.74 Å². The standard InChI is InChI=1S/C20H24N4O5S/c1-20(2,3)29-19(28)24-9-12(10-24)22-16(26)14-8-15(30-17(14)23-18(21)27)11-4-6-13(25)7-5-11/h4-8,12,25H,9-10H2,1-3H3,(H,22,26)(H3,21,23,27). The monoisotopic (exact) mass is 432 g/mol. The quantitative estimate of drug-likeness (QED) is 0.589. The largest absolute Gasteiger partial charge is 0.508 e. The maximum absolute atomic E-state index is 12.8. The highest BCUT2D eigenvalue weighted by Crippen LogP contribution is 2.36. The number of thiophene rings is 1. The molecule has 0 atom stereocenters. The van der Waals surface area contributed by atoms with E-state index < -0.39 is 17.7 Å². The minimum Gasteiger partial charge on any atom is -0.508 e. The number of primary amides is 1. The number of hydrogen-bond acceptors (Lipinski definition) is 6. The van der Waals surface area contributed by atoms with Crippen LogP contribution in [0, 0.1) is 0 Å². The van der Waals surface area contributed by atoms with E-state index in [1.165, 1.54) is 28.4 Å². The first-order valence-electron chi connectivity index (χ1n) is 9.30. The molecule has 1 aliphatic heterocycles. The highest BCUT2D eigenvalue weighted by atomic mass is 32.1. The lowest BCUT2D eigenvalue weighted by atomic mass is 10.1. The van der Waals surface area contributed by atoms with Crippen molar-refractivity contribution in [3.8, 4) is 16.2 Å². The molecular formula is C20H24N4O5S. The van der Waals surface area contributed by atoms with Crippen LogP contribution in [0.15, 0.2) is 30.3 Å². The smallest absolute Gasteiger partial charge is 0.410 e. The molecule has 0 saturated carbocycles. The number of carbonyl (C=O) groups excluding carboxylic acids is 3. The molecule has 1 aliphatic rings. The number of benzene rings is 1. The van der Waals surface area contributed by atoms with Gasteiger partial charge >= 0.3 is 12.1 Å². The van der Waals surface area contributed by atoms with Crippen LogP contribution in [0.5, 0.6) is 5.75 Å². The summed E-state index contributed by atoms with van der Waals surface area (Å²) in [7, 11) is 0. The van der Waals surface area contributed by atoms with Gasteiger partial charge in [0.2, 0.25) is 0 Å². The van der Waals surface area contributed by atoms with Crippen LogP contribution in [0.1, 0.15) is 31.1 Å². The molecule has 1 aromatic heterocycles. The Hall–Kier alpha value is -3.27. The molecule has 5 N–H and O–H groups in total. The van der Waals surface area contributed by atoms with Gasteiger partial charge in [0.1, 0.15) is 16.4 Å². The predicted molar refractivity (Wildman–Crippen MR) is 114 cm³/mol. The highest BCUT2D eigenvalue weighted by Gasteiger charge is 2.35. The number of urea groups is 1. The molecule has 1 saturated heterocycles. The number of aromatic hydroxyl groups is 1. The van der Waals surface area contributed by atoms with Gasteiger partial charge in [0.25, 0.3) is 5.91 Å². The van der Waals surface area contributed by atoms with Gasteiger partial charge < -0.3 is 25.8 Å². The SMILES string of the molecule is CC(C)(C)OC(=O)N1CC(NC(=O)c2cc(-c3ccc(O)cc3)sc2NC(N)=O)C1. The molecule has 0 radical (unpaired) electrons. The Bertz CT molecular complexity index is 959. The molecule has 2 aromatic rings. The summed E-state index contributed by atoms with van der Waals surface area (Å²) in [6, 6.07) is 7.15. The lowest BCUT2D eigenvalue weighted by molar-refractivity contribution is 0.00533. The van der Waals surface area contributed by atoms with E-state index in [2.05, 4.69) is 10.6 Å². The number of likely N-dealkylation sites (tertiary alicyclic amines) is 1. The Morgan fingerprint density at radius 2 is 1.83 bits per heavy atom. The lowest BCUT2D eigenvalue weighted by Crippen LogP contribution is -2.61. The number of nitrogens with zero attached hydrogens (tertiary/aromatic N) is 1. The number of hydrogen-bond donors (Lipinski definition) is 4. The first kappa shape index (κ1) is 21.4. The fourth-order valence-corrected chi connectivity index (χ4v) is 3.90. The minimum absolute atomic E-state index is 0.128. The number of nitrogens with one attached hydrogen (secondary N) is 2. The van der Waals surface area contributed by atoms with E-state index in [9.17, 15) is 19.5 Å². The molecule has 9 nitrogen and oxygen atoms in total. The summed E-state index contributed by atoms with van der Waals surface area (Å²) in [5.74, 6) is -0.253. The molecule has 160 valence electrons. The van der Waals surface area contributed by atoms with Crippen LogP contribution in [0.4, 0.5) is 14.6 Å². The van der Waals surface area contributed by atoms with Gasteiger partial charge in [-0.15, -0.1) is 11.3 Å². The Balaban J connectivity index is 1.69. The summed E-state index contributed by atoms with van der Waals surface area (Å²) in [4.78, 5) is 38.4. The van der Waals surface area contributed by atoms with Crippen molar-refractivity contribution in [3.63, 3.8) is 0 Å². The van der Waals surface area contributed by atoms with Crippen molar-refractivity contribution >= 4 is 34.4 Å². The van der Waals surface area contributed by atoms with Crippen molar-refractivity contribution in [2.75, 3.05) is 18.4 Å². The third-order valence-electron chi connectivity index (χ3n) is 4.23. The molecule has 0 spiro atoms. The number of rotatable bonds is 4. The summed E-state index contributed by atoms with van der Waals surface area (Å²) in [5.41, 5.74) is 5.71. The molecule has 30 heavy (non-hydrogen) atoms. The minimum atomic E-state index is -0.775. The Labute approximate surface area is 177 Å². The maximum atomic E-state index is 12.8. The Kier molecular flexibility index (Phi) is 5.88. The van der Waals surface area contributed by atoms with Gasteiger partial charge in [-0.1, -0.05) is 0 Å². The number of amides is 4. The molecular weight excluding hydrogens is 408 g/mol. The second kappa shape index (κ2) is 8.23. The highest BCUT2D eigenvalue weighted by molar-refractivity contribution is 7.20. The molecule has 2 heterocycles. The predicted octanol–water partition coefficient (Wildman–Crippen LogP) is 2.96. The molecule has 1 fully saturated rings. The molecule has 10 heteroatoms. The van der Waals surface area contributed by atoms with Crippen molar-refractivity contribution in [3.05, 3.63) is 35.9 Å². The second-order valence-corrected chi connectivity index (χ2v) is 9.00. The first-order chi connectivity index (χ1) is 14.0. The third-order valence-corrected chi connectivity index (χ3v) is 5.33. The summed E-state index contributed by atoms with van der Waals surface area (Å²) in [5, 5.41) is 15.1. The zero-order valence-electron chi connectivity index (χ0n) is 16.9. The van der Waals surface area contributed by atoms with Crippen LogP contribution in [0.3, 0.4) is 0 Å². The fourth-order valence-electron chi connectivity index (χ4n) is 2.84. The van der Waals surface area contributed by atoms with Crippen molar-refractivity contribution < 1.29 is 24.2 Å². The summed E-state index contributed by atoms with van der Waals surface area (Å²) < 4.78 is 5.30. The van der Waals surface area contributed by atoms with Crippen molar-refractivity contribution in [2.24, 2.45) is 5.73 Å². The Morgan fingerprint density at radius 3 is 2.40 bits per heavy atom. The van der Waals surface area contributed by atoms with Crippen LogP contribution in [-0.4, -0.2) is 52.8 Å². The number of nitrogens with two attached hydrogens (primary N) is 1. The average Bonchev–Trinajstić information content (AvgIpc) is 2.99. The molecule has 3 rings (SSSR count). The van der Waals surface area contributed by atoms with E-state index in [1.807, 2.05) is 0 Å². The van der Waals surface area contributed by atoms with Gasteiger partial charge in [0.15, 0.2) is 0 Å². The van der Waals surface area contributed by atoms with Gasteiger partial charge in [-0.05, 0) is 56.7 Å². The van der Waals surface area contributed by atoms with E-state index in [1.54, 1.807) is 39.0 Å². The normalized spacial score (nSPS) is 14.0. The second-order valence-electron chi connectivity index (χ2n) is 7.95. The third kappa shape index (κ3) is 5.20. The van der Waals surface area contributed by atoms with Crippen LogP contribution < -0.4 is 16.4 Å². The van der Waals surface area contributed by atoms with Gasteiger partial charge in [0.05, 0.1) is 11.6 Å². The lowest BCUT2D eigenvalue weighted by Gasteiger charge is -2.39. The van der Waals surface area contributed by atoms with E-state index >= 15 is 0 Å². The van der Waals surface area contributed by atoms with Crippen LogP contribution in [0.25, 0.3) is 10.4 Å². The number of anilines is 1. The molecule has 0 aliphatic carbocycles. The van der Waals surface area contributed by atoms with Crippen LogP contribution in [0.2, 0.25) is 0 Å². The topological polar surface area (TPSA) is 134 Å². The zero-order chi connectivity index (χ0) is 22.1. The van der Waals surface area contributed by atoms with Gasteiger partial charge in [-0.3, -0.25) is 10.1 Å². The van der Waals surface area contributed by atoms with Crippen molar-refractivity contribution in [1.82, 2.24) is 10.2 Å².